The summed E-state index contributed by atoms with van der Waals surface area (Å²) in [6, 6.07) is 5.57. The number of nitro benzene ring substituents is 1. The summed E-state index contributed by atoms with van der Waals surface area (Å²) < 4.78 is 6.45. The number of rotatable bonds is 5. The van der Waals surface area contributed by atoms with Crippen molar-refractivity contribution in [1.29, 1.82) is 0 Å². The van der Waals surface area contributed by atoms with Crippen LogP contribution in [-0.2, 0) is 0 Å². The van der Waals surface area contributed by atoms with E-state index in [1.165, 1.54) is 24.3 Å². The van der Waals surface area contributed by atoms with Gasteiger partial charge in [-0.15, -0.1) is 11.3 Å². The minimum atomic E-state index is -0.547. The molecule has 0 N–H and O–H groups in total. The first-order valence-electron chi connectivity index (χ1n) is 5.42. The number of ether oxygens (including phenoxy) is 1. The average Bonchev–Trinajstić information content (AvgIpc) is 2.74. The Bertz CT molecular complexity index is 719. The molecule has 0 amide bonds. The summed E-state index contributed by atoms with van der Waals surface area (Å²) in [6.07, 6.45) is 0. The largest absolute Gasteiger partial charge is 0.485 e. The topological polar surface area (TPSA) is 69.4 Å². The number of carbonyl (C=O) groups is 1. The third-order valence-corrected chi connectivity index (χ3v) is 4.34. The summed E-state index contributed by atoms with van der Waals surface area (Å²) in [4.78, 5) is 22.1. The van der Waals surface area contributed by atoms with E-state index in [9.17, 15) is 14.9 Å². The fourth-order valence-corrected chi connectivity index (χ4v) is 3.45. The zero-order valence-electron chi connectivity index (χ0n) is 10.1. The minimum absolute atomic E-state index is 0.136. The first-order chi connectivity index (χ1) is 9.86. The van der Waals surface area contributed by atoms with E-state index in [4.69, 9.17) is 27.9 Å². The molecule has 0 unspecified atom stereocenters. The summed E-state index contributed by atoms with van der Waals surface area (Å²) in [6.45, 7) is -0.291. The van der Waals surface area contributed by atoms with E-state index in [2.05, 4.69) is 15.9 Å². The molecule has 0 saturated heterocycles. The lowest BCUT2D eigenvalue weighted by atomic mass is 10.2. The van der Waals surface area contributed by atoms with Crippen molar-refractivity contribution in [3.05, 3.63) is 53.1 Å². The first-order valence-corrected chi connectivity index (χ1v) is 7.79. The maximum atomic E-state index is 11.9. The Labute approximate surface area is 141 Å². The molecule has 0 spiro atoms. The summed E-state index contributed by atoms with van der Waals surface area (Å²) >= 11 is 15.9. The number of benzene rings is 1. The maximum Gasteiger partial charge on any atom is 0.274 e. The molecule has 1 heterocycles. The summed E-state index contributed by atoms with van der Waals surface area (Å²) in [7, 11) is 0. The predicted molar refractivity (Wildman–Crippen MR) is 85.0 cm³/mol. The van der Waals surface area contributed by atoms with E-state index in [1.54, 1.807) is 0 Å². The lowest BCUT2D eigenvalue weighted by molar-refractivity contribution is -0.385. The molecule has 1 aromatic carbocycles. The van der Waals surface area contributed by atoms with Crippen LogP contribution < -0.4 is 4.74 Å². The van der Waals surface area contributed by atoms with Crippen LogP contribution in [0.1, 0.15) is 10.4 Å². The standard InChI is InChI=1S/C12H6BrCl2NO4S/c13-6-1-7(16(18)19)3-8(2-6)20-5-10(17)9-4-11(14)21-12(9)15/h1-4H,5H2. The Morgan fingerprint density at radius 1 is 1.33 bits per heavy atom. The van der Waals surface area contributed by atoms with E-state index >= 15 is 0 Å². The predicted octanol–water partition coefficient (Wildman–Crippen LogP) is 4.99. The van der Waals surface area contributed by atoms with Gasteiger partial charge in [-0.3, -0.25) is 14.9 Å². The molecule has 0 aliphatic carbocycles. The Hall–Kier alpha value is -1.15. The molecule has 110 valence electrons. The highest BCUT2D eigenvalue weighted by atomic mass is 79.9. The van der Waals surface area contributed by atoms with Crippen LogP contribution in [0.25, 0.3) is 0 Å². The Morgan fingerprint density at radius 2 is 2.05 bits per heavy atom. The summed E-state index contributed by atoms with van der Waals surface area (Å²) in [5.74, 6) is -0.146. The van der Waals surface area contributed by atoms with Crippen molar-refractivity contribution in [1.82, 2.24) is 0 Å². The monoisotopic (exact) mass is 409 g/mol. The van der Waals surface area contributed by atoms with E-state index in [-0.39, 0.29) is 33.7 Å². The molecule has 0 fully saturated rings. The number of Topliss-reactive ketones (excluding diaryl/α,β-unsaturated/α-hetero) is 1. The molecule has 21 heavy (non-hydrogen) atoms. The van der Waals surface area contributed by atoms with Gasteiger partial charge in [-0.25, -0.2) is 0 Å². The fraction of sp³-hybridized carbons (Fsp3) is 0.0833. The molecule has 0 aliphatic rings. The molecule has 2 aromatic rings. The second kappa shape index (κ2) is 6.74. The Kier molecular flexibility index (Phi) is 5.21. The van der Waals surface area contributed by atoms with Crippen LogP contribution in [0.5, 0.6) is 5.75 Å². The first kappa shape index (κ1) is 16.2. The van der Waals surface area contributed by atoms with Gasteiger partial charge >= 0.3 is 0 Å². The molecule has 5 nitrogen and oxygen atoms in total. The maximum absolute atomic E-state index is 11.9. The van der Waals surface area contributed by atoms with Gasteiger partial charge in [0.1, 0.15) is 10.1 Å². The molecule has 0 saturated carbocycles. The second-order valence-corrected chi connectivity index (χ2v) is 7.05. The SMILES string of the molecule is O=C(COc1cc(Br)cc([N+](=O)[O-])c1)c1cc(Cl)sc1Cl. The van der Waals surface area contributed by atoms with Crippen molar-refractivity contribution in [3.8, 4) is 5.75 Å². The molecule has 0 bridgehead atoms. The van der Waals surface area contributed by atoms with Gasteiger partial charge in [0.2, 0.25) is 5.78 Å². The molecule has 1 aromatic heterocycles. The van der Waals surface area contributed by atoms with Crippen LogP contribution in [0.2, 0.25) is 8.67 Å². The van der Waals surface area contributed by atoms with Crippen LogP contribution in [0.15, 0.2) is 28.7 Å². The van der Waals surface area contributed by atoms with E-state index in [1.807, 2.05) is 0 Å². The third kappa shape index (κ3) is 4.16. The van der Waals surface area contributed by atoms with Gasteiger partial charge in [0.15, 0.2) is 6.61 Å². The number of halogens is 3. The van der Waals surface area contributed by atoms with Crippen molar-refractivity contribution in [3.63, 3.8) is 0 Å². The molecule has 9 heteroatoms. The van der Waals surface area contributed by atoms with Crippen LogP contribution in [-0.4, -0.2) is 17.3 Å². The number of hydrogen-bond donors (Lipinski definition) is 0. The van der Waals surface area contributed by atoms with E-state index in [0.29, 0.717) is 8.81 Å². The van der Waals surface area contributed by atoms with Crippen LogP contribution in [0, 0.1) is 10.1 Å². The van der Waals surface area contributed by atoms with Gasteiger partial charge in [0.25, 0.3) is 5.69 Å². The number of nitro groups is 1. The molecule has 0 radical (unpaired) electrons. The van der Waals surface area contributed by atoms with Crippen molar-refractivity contribution in [2.45, 2.75) is 0 Å². The number of thiophene rings is 1. The zero-order chi connectivity index (χ0) is 15.6. The van der Waals surface area contributed by atoms with Gasteiger partial charge in [-0.1, -0.05) is 39.1 Å². The molecular weight excluding hydrogens is 405 g/mol. The van der Waals surface area contributed by atoms with Crippen molar-refractivity contribution < 1.29 is 14.5 Å². The smallest absolute Gasteiger partial charge is 0.274 e. The minimum Gasteiger partial charge on any atom is -0.485 e. The number of carbonyl (C=O) groups excluding carboxylic acids is 1. The fourth-order valence-electron chi connectivity index (χ4n) is 1.49. The highest BCUT2D eigenvalue weighted by molar-refractivity contribution is 9.10. The summed E-state index contributed by atoms with van der Waals surface area (Å²) in [5, 5.41) is 10.7. The molecule has 2 rings (SSSR count). The number of hydrogen-bond acceptors (Lipinski definition) is 5. The van der Waals surface area contributed by atoms with E-state index < -0.39 is 4.92 Å². The quantitative estimate of drug-likeness (QED) is 0.395. The Morgan fingerprint density at radius 3 is 2.62 bits per heavy atom. The van der Waals surface area contributed by atoms with Gasteiger partial charge in [0.05, 0.1) is 20.9 Å². The normalized spacial score (nSPS) is 10.4. The average molecular weight is 411 g/mol. The van der Waals surface area contributed by atoms with Gasteiger partial charge < -0.3 is 4.74 Å². The van der Waals surface area contributed by atoms with Crippen LogP contribution in [0.4, 0.5) is 5.69 Å². The van der Waals surface area contributed by atoms with Crippen LogP contribution in [0.3, 0.4) is 0 Å². The zero-order valence-corrected chi connectivity index (χ0v) is 14.1. The van der Waals surface area contributed by atoms with E-state index in [0.717, 1.165) is 11.3 Å². The highest BCUT2D eigenvalue weighted by Crippen LogP contribution is 2.32. The van der Waals surface area contributed by atoms with Gasteiger partial charge in [-0.05, 0) is 12.1 Å². The number of ketones is 1. The molecule has 0 aliphatic heterocycles. The number of nitrogens with zero attached hydrogens (tertiary/aromatic N) is 1. The van der Waals surface area contributed by atoms with Crippen molar-refractivity contribution >= 4 is 61.9 Å². The van der Waals surface area contributed by atoms with Crippen LogP contribution >= 0.6 is 50.5 Å². The third-order valence-electron chi connectivity index (χ3n) is 2.39. The van der Waals surface area contributed by atoms with Gasteiger partial charge in [0, 0.05) is 10.5 Å². The van der Waals surface area contributed by atoms with Gasteiger partial charge in [-0.2, -0.15) is 0 Å². The molecule has 0 atom stereocenters. The lowest BCUT2D eigenvalue weighted by Gasteiger charge is -2.05. The van der Waals surface area contributed by atoms with Crippen molar-refractivity contribution in [2.75, 3.05) is 6.61 Å². The van der Waals surface area contributed by atoms with Crippen molar-refractivity contribution in [2.24, 2.45) is 0 Å². The molecular formula is C12H6BrCl2NO4S. The second-order valence-electron chi connectivity index (χ2n) is 3.85. The Balaban J connectivity index is 2.11. The number of non-ortho nitro benzene ring substituents is 1. The summed E-state index contributed by atoms with van der Waals surface area (Å²) in [5.41, 5.74) is 0.139. The lowest BCUT2D eigenvalue weighted by Crippen LogP contribution is -2.11. The highest BCUT2D eigenvalue weighted by Gasteiger charge is 2.16.